The second kappa shape index (κ2) is 6.46. The van der Waals surface area contributed by atoms with E-state index in [9.17, 15) is 8.78 Å². The van der Waals surface area contributed by atoms with E-state index in [1.807, 2.05) is 17.5 Å². The lowest BCUT2D eigenvalue weighted by atomic mass is 10.0. The van der Waals surface area contributed by atoms with E-state index in [1.165, 1.54) is 10.9 Å². The van der Waals surface area contributed by atoms with Crippen LogP contribution in [-0.2, 0) is 6.42 Å². The molecule has 1 atom stereocenters. The molecule has 0 amide bonds. The van der Waals surface area contributed by atoms with Crippen LogP contribution in [0.5, 0.6) is 0 Å². The van der Waals surface area contributed by atoms with Gasteiger partial charge < -0.3 is 5.32 Å². The summed E-state index contributed by atoms with van der Waals surface area (Å²) in [6, 6.07) is 6.00. The van der Waals surface area contributed by atoms with Crippen molar-refractivity contribution >= 4 is 22.9 Å². The van der Waals surface area contributed by atoms with Gasteiger partial charge in [0.05, 0.1) is 5.02 Å². The van der Waals surface area contributed by atoms with Gasteiger partial charge in [-0.3, -0.25) is 0 Å². The highest BCUT2D eigenvalue weighted by atomic mass is 35.5. The lowest BCUT2D eigenvalue weighted by Crippen LogP contribution is -2.18. The molecule has 0 saturated heterocycles. The van der Waals surface area contributed by atoms with E-state index in [4.69, 9.17) is 11.6 Å². The molecule has 0 spiro atoms. The summed E-state index contributed by atoms with van der Waals surface area (Å²) < 4.78 is 27.3. The molecule has 2 aromatic rings. The lowest BCUT2D eigenvalue weighted by molar-refractivity contribution is 0.502. The highest BCUT2D eigenvalue weighted by Gasteiger charge is 2.17. The maximum absolute atomic E-state index is 13.8. The van der Waals surface area contributed by atoms with Gasteiger partial charge in [-0.2, -0.15) is 0 Å². The Morgan fingerprint density at radius 2 is 2.11 bits per heavy atom. The topological polar surface area (TPSA) is 12.0 Å². The largest absolute Gasteiger partial charge is 0.313 e. The molecule has 0 radical (unpaired) electrons. The first-order valence-electron chi connectivity index (χ1n) is 5.96. The second-order valence-electron chi connectivity index (χ2n) is 4.25. The van der Waals surface area contributed by atoms with Crippen molar-refractivity contribution < 1.29 is 8.78 Å². The minimum Gasteiger partial charge on any atom is -0.313 e. The predicted octanol–water partition coefficient (Wildman–Crippen LogP) is 4.57. The number of rotatable bonds is 5. The van der Waals surface area contributed by atoms with Gasteiger partial charge >= 0.3 is 0 Å². The number of aryl methyl sites for hydroxylation is 1. The fourth-order valence-electron chi connectivity index (χ4n) is 2.00. The zero-order valence-corrected chi connectivity index (χ0v) is 12.0. The number of nitrogens with one attached hydrogen (secondary N) is 1. The normalized spacial score (nSPS) is 12.6. The molecule has 1 nitrogen and oxygen atoms in total. The quantitative estimate of drug-likeness (QED) is 0.798. The summed E-state index contributed by atoms with van der Waals surface area (Å²) in [7, 11) is 1.74. The summed E-state index contributed by atoms with van der Waals surface area (Å²) >= 11 is 7.22. The summed E-state index contributed by atoms with van der Waals surface area (Å²) in [4.78, 5) is 1.23. The molecule has 1 aromatic heterocycles. The first kappa shape index (κ1) is 14.4. The van der Waals surface area contributed by atoms with E-state index in [-0.39, 0.29) is 11.1 Å². The number of hydrogen-bond donors (Lipinski definition) is 1. The number of halogens is 3. The Balaban J connectivity index is 2.15. The smallest absolute Gasteiger partial charge is 0.142 e. The number of benzene rings is 1. The Bertz CT molecular complexity index is 543. The minimum atomic E-state index is -0.588. The molecule has 1 aromatic carbocycles. The SMILES string of the molecule is CNC(CCc1cccs1)c1cc(F)c(Cl)cc1F. The molecule has 0 saturated carbocycles. The zero-order chi connectivity index (χ0) is 13.8. The average molecular weight is 302 g/mol. The van der Waals surface area contributed by atoms with Crippen LogP contribution >= 0.6 is 22.9 Å². The van der Waals surface area contributed by atoms with Crippen LogP contribution < -0.4 is 5.32 Å². The lowest BCUT2D eigenvalue weighted by Gasteiger charge is -2.17. The van der Waals surface area contributed by atoms with Crippen molar-refractivity contribution in [2.45, 2.75) is 18.9 Å². The third kappa shape index (κ3) is 3.53. The molecular weight excluding hydrogens is 288 g/mol. The fraction of sp³-hybridized carbons (Fsp3) is 0.286. The van der Waals surface area contributed by atoms with Gasteiger partial charge in [0.1, 0.15) is 11.6 Å². The monoisotopic (exact) mass is 301 g/mol. The van der Waals surface area contributed by atoms with Crippen molar-refractivity contribution in [1.82, 2.24) is 5.32 Å². The van der Waals surface area contributed by atoms with Crippen LogP contribution in [0.3, 0.4) is 0 Å². The van der Waals surface area contributed by atoms with Crippen LogP contribution in [0.2, 0.25) is 5.02 Å². The van der Waals surface area contributed by atoms with Crippen LogP contribution in [0.15, 0.2) is 29.6 Å². The molecule has 0 bridgehead atoms. The van der Waals surface area contributed by atoms with E-state index in [0.717, 1.165) is 12.5 Å². The van der Waals surface area contributed by atoms with E-state index < -0.39 is 11.6 Å². The van der Waals surface area contributed by atoms with Crippen molar-refractivity contribution in [3.8, 4) is 0 Å². The Hall–Kier alpha value is -0.970. The molecule has 1 unspecified atom stereocenters. The van der Waals surface area contributed by atoms with Gasteiger partial charge in [-0.25, -0.2) is 8.78 Å². The molecule has 1 N–H and O–H groups in total. The van der Waals surface area contributed by atoms with E-state index in [2.05, 4.69) is 5.32 Å². The van der Waals surface area contributed by atoms with E-state index in [0.29, 0.717) is 12.0 Å². The first-order valence-corrected chi connectivity index (χ1v) is 7.21. The third-order valence-corrected chi connectivity index (χ3v) is 4.25. The molecule has 1 heterocycles. The van der Waals surface area contributed by atoms with Gasteiger partial charge in [-0.15, -0.1) is 11.3 Å². The standard InChI is InChI=1S/C14H14ClF2NS/c1-18-14(5-4-9-3-2-6-19-9)10-7-13(17)11(15)8-12(10)16/h2-3,6-8,14,18H,4-5H2,1H3. The minimum absolute atomic E-state index is 0.186. The van der Waals surface area contributed by atoms with Crippen molar-refractivity contribution in [1.29, 1.82) is 0 Å². The molecular formula is C14H14ClF2NS. The van der Waals surface area contributed by atoms with Gasteiger partial charge in [0.25, 0.3) is 0 Å². The van der Waals surface area contributed by atoms with Crippen molar-refractivity contribution in [3.63, 3.8) is 0 Å². The summed E-state index contributed by atoms with van der Waals surface area (Å²) in [5, 5.41) is 4.84. The van der Waals surface area contributed by atoms with Crippen LogP contribution in [0.4, 0.5) is 8.78 Å². The molecule has 0 aliphatic heterocycles. The Morgan fingerprint density at radius 1 is 1.32 bits per heavy atom. The number of thiophene rings is 1. The summed E-state index contributed by atoms with van der Waals surface area (Å²) in [6.45, 7) is 0. The van der Waals surface area contributed by atoms with Crippen LogP contribution in [0.25, 0.3) is 0 Å². The predicted molar refractivity (Wildman–Crippen MR) is 75.8 cm³/mol. The summed E-state index contributed by atoms with van der Waals surface area (Å²) in [5.41, 5.74) is 0.320. The highest BCUT2D eigenvalue weighted by Crippen LogP contribution is 2.27. The third-order valence-electron chi connectivity index (χ3n) is 3.02. The van der Waals surface area contributed by atoms with E-state index >= 15 is 0 Å². The maximum Gasteiger partial charge on any atom is 0.142 e. The molecule has 0 fully saturated rings. The fourth-order valence-corrected chi connectivity index (χ4v) is 2.88. The van der Waals surface area contributed by atoms with Gasteiger partial charge in [-0.05, 0) is 43.5 Å². The van der Waals surface area contributed by atoms with Gasteiger partial charge in [0, 0.05) is 16.5 Å². The Kier molecular flexibility index (Phi) is 4.91. The van der Waals surface area contributed by atoms with Crippen molar-refractivity contribution in [2.24, 2.45) is 0 Å². The summed E-state index contributed by atoms with van der Waals surface area (Å²) in [5.74, 6) is -1.06. The molecule has 2 rings (SSSR count). The zero-order valence-electron chi connectivity index (χ0n) is 10.4. The molecule has 0 aliphatic rings. The van der Waals surface area contributed by atoms with Crippen molar-refractivity contribution in [2.75, 3.05) is 7.05 Å². The molecule has 0 aliphatic carbocycles. The Labute approximate surface area is 120 Å². The summed E-state index contributed by atoms with van der Waals surface area (Å²) in [6.07, 6.45) is 1.53. The molecule has 19 heavy (non-hydrogen) atoms. The first-order chi connectivity index (χ1) is 9.11. The van der Waals surface area contributed by atoms with Crippen LogP contribution in [0, 0.1) is 11.6 Å². The second-order valence-corrected chi connectivity index (χ2v) is 5.69. The molecule has 5 heteroatoms. The van der Waals surface area contributed by atoms with Gasteiger partial charge in [0.2, 0.25) is 0 Å². The van der Waals surface area contributed by atoms with Crippen LogP contribution in [0.1, 0.15) is 22.9 Å². The highest BCUT2D eigenvalue weighted by molar-refractivity contribution is 7.09. The maximum atomic E-state index is 13.8. The van der Waals surface area contributed by atoms with E-state index in [1.54, 1.807) is 18.4 Å². The average Bonchev–Trinajstić information content (AvgIpc) is 2.89. The number of hydrogen-bond acceptors (Lipinski definition) is 2. The molecule has 102 valence electrons. The van der Waals surface area contributed by atoms with Crippen molar-refractivity contribution in [3.05, 3.63) is 56.7 Å². The Morgan fingerprint density at radius 3 is 2.74 bits per heavy atom. The van der Waals surface area contributed by atoms with Gasteiger partial charge in [-0.1, -0.05) is 17.7 Å². The van der Waals surface area contributed by atoms with Crippen LogP contribution in [-0.4, -0.2) is 7.05 Å². The van der Waals surface area contributed by atoms with Gasteiger partial charge in [0.15, 0.2) is 0 Å².